The Kier molecular flexibility index (Phi) is 4.43. The molecule has 2 aromatic rings. The van der Waals surface area contributed by atoms with Gasteiger partial charge in [0.25, 0.3) is 5.91 Å². The van der Waals surface area contributed by atoms with E-state index in [4.69, 9.17) is 0 Å². The molecule has 1 aliphatic rings. The standard InChI is InChI=1S/C17H14BrFN2O2/c18-15-7-6-11(19)9-14(15)17(23)20-12-3-1-4-13(10-12)21-8-2-5-16(21)22/h1,3-4,6-7,9-10H,2,5,8H2,(H,20,23). The zero-order valence-corrected chi connectivity index (χ0v) is 13.8. The maximum Gasteiger partial charge on any atom is 0.256 e. The highest BCUT2D eigenvalue weighted by Gasteiger charge is 2.22. The fourth-order valence-electron chi connectivity index (χ4n) is 2.54. The third kappa shape index (κ3) is 3.42. The van der Waals surface area contributed by atoms with Gasteiger partial charge < -0.3 is 10.2 Å². The molecule has 1 aliphatic heterocycles. The molecule has 1 heterocycles. The molecule has 23 heavy (non-hydrogen) atoms. The van der Waals surface area contributed by atoms with E-state index in [1.54, 1.807) is 23.1 Å². The summed E-state index contributed by atoms with van der Waals surface area (Å²) in [6, 6.07) is 11.0. The van der Waals surface area contributed by atoms with E-state index >= 15 is 0 Å². The summed E-state index contributed by atoms with van der Waals surface area (Å²) in [5, 5.41) is 2.73. The van der Waals surface area contributed by atoms with Gasteiger partial charge in [-0.3, -0.25) is 9.59 Å². The Hall–Kier alpha value is -2.21. The van der Waals surface area contributed by atoms with Crippen molar-refractivity contribution in [1.29, 1.82) is 0 Å². The number of nitrogens with zero attached hydrogens (tertiary/aromatic N) is 1. The zero-order chi connectivity index (χ0) is 16.4. The van der Waals surface area contributed by atoms with E-state index in [0.29, 0.717) is 23.1 Å². The van der Waals surface area contributed by atoms with Gasteiger partial charge in [-0.05, 0) is 58.7 Å². The van der Waals surface area contributed by atoms with Crippen molar-refractivity contribution in [2.75, 3.05) is 16.8 Å². The third-order valence-electron chi connectivity index (χ3n) is 3.66. The van der Waals surface area contributed by atoms with Crippen molar-refractivity contribution in [2.24, 2.45) is 0 Å². The molecule has 6 heteroatoms. The van der Waals surface area contributed by atoms with Crippen LogP contribution in [0.1, 0.15) is 23.2 Å². The lowest BCUT2D eigenvalue weighted by Crippen LogP contribution is -2.23. The number of hydrogen-bond donors (Lipinski definition) is 1. The van der Waals surface area contributed by atoms with Crippen LogP contribution in [0.5, 0.6) is 0 Å². The van der Waals surface area contributed by atoms with Crippen molar-refractivity contribution in [3.05, 3.63) is 58.3 Å². The van der Waals surface area contributed by atoms with Crippen molar-refractivity contribution in [3.63, 3.8) is 0 Å². The summed E-state index contributed by atoms with van der Waals surface area (Å²) < 4.78 is 13.8. The number of benzene rings is 2. The van der Waals surface area contributed by atoms with Crippen molar-refractivity contribution >= 4 is 39.1 Å². The highest BCUT2D eigenvalue weighted by Crippen LogP contribution is 2.25. The highest BCUT2D eigenvalue weighted by atomic mass is 79.9. The Morgan fingerprint density at radius 2 is 2.04 bits per heavy atom. The van der Waals surface area contributed by atoms with Gasteiger partial charge in [-0.2, -0.15) is 0 Å². The van der Waals surface area contributed by atoms with Gasteiger partial charge in [0.15, 0.2) is 0 Å². The smallest absolute Gasteiger partial charge is 0.256 e. The largest absolute Gasteiger partial charge is 0.322 e. The summed E-state index contributed by atoms with van der Waals surface area (Å²) in [5.74, 6) is -0.808. The predicted octanol–water partition coefficient (Wildman–Crippen LogP) is 3.97. The second-order valence-corrected chi connectivity index (χ2v) is 6.13. The van der Waals surface area contributed by atoms with Gasteiger partial charge in [-0.1, -0.05) is 6.07 Å². The molecule has 4 nitrogen and oxygen atoms in total. The first-order chi connectivity index (χ1) is 11.0. The van der Waals surface area contributed by atoms with Crippen LogP contribution in [0.4, 0.5) is 15.8 Å². The topological polar surface area (TPSA) is 49.4 Å². The molecule has 1 fully saturated rings. The Morgan fingerprint density at radius 3 is 2.78 bits per heavy atom. The van der Waals surface area contributed by atoms with Crippen LogP contribution < -0.4 is 10.2 Å². The maximum atomic E-state index is 13.3. The Labute approximate surface area is 141 Å². The minimum Gasteiger partial charge on any atom is -0.322 e. The fourth-order valence-corrected chi connectivity index (χ4v) is 2.97. The van der Waals surface area contributed by atoms with Crippen LogP contribution in [0.25, 0.3) is 0 Å². The summed E-state index contributed by atoms with van der Waals surface area (Å²) in [4.78, 5) is 25.8. The summed E-state index contributed by atoms with van der Waals surface area (Å²) >= 11 is 3.24. The van der Waals surface area contributed by atoms with E-state index in [2.05, 4.69) is 21.2 Å². The van der Waals surface area contributed by atoms with Gasteiger partial charge in [-0.25, -0.2) is 4.39 Å². The molecule has 0 bridgehead atoms. The quantitative estimate of drug-likeness (QED) is 0.880. The Bertz CT molecular complexity index is 779. The average molecular weight is 377 g/mol. The van der Waals surface area contributed by atoms with Crippen molar-refractivity contribution < 1.29 is 14.0 Å². The summed E-state index contributed by atoms with van der Waals surface area (Å²) in [6.07, 6.45) is 1.39. The van der Waals surface area contributed by atoms with Crippen LogP contribution in [-0.2, 0) is 4.79 Å². The van der Waals surface area contributed by atoms with Crippen LogP contribution in [0.15, 0.2) is 46.9 Å². The molecule has 0 atom stereocenters. The molecule has 1 saturated heterocycles. The van der Waals surface area contributed by atoms with E-state index < -0.39 is 11.7 Å². The molecule has 0 aliphatic carbocycles. The molecule has 0 radical (unpaired) electrons. The number of hydrogen-bond acceptors (Lipinski definition) is 2. The molecule has 2 amide bonds. The van der Waals surface area contributed by atoms with Crippen LogP contribution in [0.3, 0.4) is 0 Å². The second kappa shape index (κ2) is 6.50. The second-order valence-electron chi connectivity index (χ2n) is 5.28. The SMILES string of the molecule is O=C(Nc1cccc(N2CCCC2=O)c1)c1cc(F)ccc1Br. The first-order valence-electron chi connectivity index (χ1n) is 7.21. The highest BCUT2D eigenvalue weighted by molar-refractivity contribution is 9.10. The Balaban J connectivity index is 1.81. The molecule has 0 spiro atoms. The van der Waals surface area contributed by atoms with Crippen LogP contribution in [0.2, 0.25) is 0 Å². The van der Waals surface area contributed by atoms with Gasteiger partial charge >= 0.3 is 0 Å². The minimum absolute atomic E-state index is 0.0846. The van der Waals surface area contributed by atoms with Gasteiger partial charge in [0.1, 0.15) is 5.82 Å². The Morgan fingerprint density at radius 1 is 1.22 bits per heavy atom. The average Bonchev–Trinajstić information content (AvgIpc) is 2.96. The predicted molar refractivity (Wildman–Crippen MR) is 90.1 cm³/mol. The van der Waals surface area contributed by atoms with Gasteiger partial charge in [0.2, 0.25) is 5.91 Å². The van der Waals surface area contributed by atoms with Crippen molar-refractivity contribution in [3.8, 4) is 0 Å². The maximum absolute atomic E-state index is 13.3. The third-order valence-corrected chi connectivity index (χ3v) is 4.35. The minimum atomic E-state index is -0.477. The first-order valence-corrected chi connectivity index (χ1v) is 8.01. The number of anilines is 2. The van der Waals surface area contributed by atoms with Gasteiger partial charge in [-0.15, -0.1) is 0 Å². The number of carbonyl (C=O) groups excluding carboxylic acids is 2. The molecule has 0 aromatic heterocycles. The summed E-state index contributed by atoms with van der Waals surface area (Å²) in [6.45, 7) is 0.686. The number of amides is 2. The van der Waals surface area contributed by atoms with Crippen LogP contribution >= 0.6 is 15.9 Å². The number of halogens is 2. The number of carbonyl (C=O) groups is 2. The monoisotopic (exact) mass is 376 g/mol. The molecular weight excluding hydrogens is 363 g/mol. The van der Waals surface area contributed by atoms with Crippen LogP contribution in [0, 0.1) is 5.82 Å². The molecule has 2 aromatic carbocycles. The molecule has 3 rings (SSSR count). The zero-order valence-electron chi connectivity index (χ0n) is 12.2. The lowest BCUT2D eigenvalue weighted by atomic mass is 10.2. The molecular formula is C17H14BrFN2O2. The normalized spacial score (nSPS) is 14.2. The summed E-state index contributed by atoms with van der Waals surface area (Å²) in [5.41, 5.74) is 1.53. The molecule has 0 saturated carbocycles. The van der Waals surface area contributed by atoms with E-state index in [9.17, 15) is 14.0 Å². The van der Waals surface area contributed by atoms with E-state index in [0.717, 1.165) is 12.1 Å². The number of rotatable bonds is 3. The van der Waals surface area contributed by atoms with Crippen molar-refractivity contribution in [2.45, 2.75) is 12.8 Å². The first kappa shape index (κ1) is 15.7. The molecule has 0 unspecified atom stereocenters. The molecule has 118 valence electrons. The van der Waals surface area contributed by atoms with Crippen molar-refractivity contribution in [1.82, 2.24) is 0 Å². The van der Waals surface area contributed by atoms with Crippen LogP contribution in [-0.4, -0.2) is 18.4 Å². The fraction of sp³-hybridized carbons (Fsp3) is 0.176. The lowest BCUT2D eigenvalue weighted by molar-refractivity contribution is -0.117. The van der Waals surface area contributed by atoms with Gasteiger partial charge in [0.05, 0.1) is 5.56 Å². The van der Waals surface area contributed by atoms with E-state index in [1.165, 1.54) is 18.2 Å². The van der Waals surface area contributed by atoms with E-state index in [1.807, 2.05) is 6.07 Å². The van der Waals surface area contributed by atoms with E-state index in [-0.39, 0.29) is 11.5 Å². The number of nitrogens with one attached hydrogen (secondary N) is 1. The van der Waals surface area contributed by atoms with Gasteiger partial charge in [0, 0.05) is 28.8 Å². The summed E-state index contributed by atoms with van der Waals surface area (Å²) in [7, 11) is 0. The lowest BCUT2D eigenvalue weighted by Gasteiger charge is -2.17. The molecule has 1 N–H and O–H groups in total.